The number of nitrogens with one attached hydrogen (secondary N) is 7. The normalized spacial score (nSPS) is 11.3. The number of amides is 2. The maximum absolute atomic E-state index is 13.5. The second-order valence-corrected chi connectivity index (χ2v) is 18.1. The van der Waals surface area contributed by atoms with E-state index in [4.69, 9.17) is 23.5 Å². The maximum atomic E-state index is 13.5. The van der Waals surface area contributed by atoms with Crippen molar-refractivity contribution in [2.75, 3.05) is 24.9 Å². The molecule has 0 radical (unpaired) electrons. The number of anilines is 2. The minimum atomic E-state index is -0.668. The molecule has 7 rings (SSSR count). The zero-order valence-electron chi connectivity index (χ0n) is 41.4. The van der Waals surface area contributed by atoms with Crippen LogP contribution in [0.3, 0.4) is 0 Å². The van der Waals surface area contributed by atoms with Gasteiger partial charge in [0, 0.05) is 28.8 Å². The highest BCUT2D eigenvalue weighted by Crippen LogP contribution is 2.27. The van der Waals surface area contributed by atoms with E-state index in [-0.39, 0.29) is 36.3 Å². The molecule has 18 nitrogen and oxygen atoms in total. The summed E-state index contributed by atoms with van der Waals surface area (Å²) >= 11 is 0. The van der Waals surface area contributed by atoms with Crippen molar-refractivity contribution in [3.63, 3.8) is 0 Å². The minimum absolute atomic E-state index is 0.205. The fraction of sp³-hybridized carbons (Fsp3) is 0.346. The van der Waals surface area contributed by atoms with Crippen molar-refractivity contribution in [2.45, 2.75) is 106 Å². The third kappa shape index (κ3) is 13.6. The summed E-state index contributed by atoms with van der Waals surface area (Å²) in [6.07, 6.45) is 2.39. The molecule has 370 valence electrons. The molecule has 70 heavy (non-hydrogen) atoms. The van der Waals surface area contributed by atoms with Crippen molar-refractivity contribution < 1.29 is 42.6 Å². The molecule has 0 bridgehead atoms. The van der Waals surface area contributed by atoms with Gasteiger partial charge in [-0.3, -0.25) is 9.59 Å². The Bertz CT molecular complexity index is 2830. The topological polar surface area (TPSA) is 240 Å². The molecule has 0 unspecified atom stereocenters. The number of ether oxygens (including phenoxy) is 4. The SMILES string of the molecule is CCc1c(C(=O)OC(C)(C)C)[nH]c(CNc2ccc(OC)cc2)c1C(=O)NCc1ccon1.CCc1c(C(=O)OC(C)(C)C)[nH]c(CNc2ccc(OC)cc2)c1C(=O)NCc1nc2ccccc2[nH]1. The molecule has 0 fully saturated rings. The Hall–Kier alpha value is -8.02. The van der Waals surface area contributed by atoms with E-state index in [1.54, 1.807) is 41.1 Å². The van der Waals surface area contributed by atoms with Gasteiger partial charge in [0.25, 0.3) is 11.8 Å². The number of benzene rings is 3. The van der Waals surface area contributed by atoms with E-state index in [0.717, 1.165) is 33.9 Å². The Morgan fingerprint density at radius 2 is 1.07 bits per heavy atom. The number of rotatable bonds is 18. The lowest BCUT2D eigenvalue weighted by Gasteiger charge is -2.19. The molecule has 7 aromatic rings. The molecule has 0 aliphatic rings. The first-order valence-electron chi connectivity index (χ1n) is 23.0. The minimum Gasteiger partial charge on any atom is -0.497 e. The second-order valence-electron chi connectivity index (χ2n) is 18.1. The van der Waals surface area contributed by atoms with Crippen molar-refractivity contribution in [1.29, 1.82) is 0 Å². The molecule has 4 aromatic heterocycles. The molecule has 0 aliphatic heterocycles. The zero-order chi connectivity index (χ0) is 50.6. The van der Waals surface area contributed by atoms with Gasteiger partial charge in [-0.2, -0.15) is 0 Å². The van der Waals surface area contributed by atoms with Crippen molar-refractivity contribution in [3.8, 4) is 11.5 Å². The summed E-state index contributed by atoms with van der Waals surface area (Å²) in [4.78, 5) is 66.6. The maximum Gasteiger partial charge on any atom is 0.355 e. The fourth-order valence-electron chi connectivity index (χ4n) is 7.45. The van der Waals surface area contributed by atoms with Crippen LogP contribution in [-0.2, 0) is 48.5 Å². The van der Waals surface area contributed by atoms with Crippen LogP contribution in [0, 0.1) is 0 Å². The highest BCUT2D eigenvalue weighted by atomic mass is 16.6. The number of methoxy groups -OCH3 is 2. The number of aromatic nitrogens is 5. The van der Waals surface area contributed by atoms with Gasteiger partial charge < -0.3 is 59.7 Å². The average Bonchev–Trinajstić information content (AvgIpc) is 4.15. The molecule has 0 spiro atoms. The second kappa shape index (κ2) is 22.9. The summed E-state index contributed by atoms with van der Waals surface area (Å²) in [7, 11) is 3.22. The lowest BCUT2D eigenvalue weighted by Crippen LogP contribution is -2.26. The van der Waals surface area contributed by atoms with Crippen molar-refractivity contribution in [3.05, 3.63) is 142 Å². The molecule has 0 saturated carbocycles. The summed E-state index contributed by atoms with van der Waals surface area (Å²) in [5, 5.41) is 16.2. The molecule has 0 saturated heterocycles. The number of carbonyl (C=O) groups excluding carboxylic acids is 4. The number of para-hydroxylation sites is 2. The number of carbonyl (C=O) groups is 4. The van der Waals surface area contributed by atoms with Crippen LogP contribution in [0.1, 0.15) is 131 Å². The first-order chi connectivity index (χ1) is 33.4. The van der Waals surface area contributed by atoms with Crippen molar-refractivity contribution in [1.82, 2.24) is 35.7 Å². The summed E-state index contributed by atoms with van der Waals surface area (Å²) in [5.41, 5.74) is 6.51. The summed E-state index contributed by atoms with van der Waals surface area (Å²) < 4.78 is 26.4. The number of imidazole rings is 1. The zero-order valence-corrected chi connectivity index (χ0v) is 41.4. The van der Waals surface area contributed by atoms with Crippen LogP contribution < -0.4 is 30.7 Å². The summed E-state index contributed by atoms with van der Waals surface area (Å²) in [6.45, 7) is 15.7. The number of hydrogen-bond acceptors (Lipinski definition) is 13. The van der Waals surface area contributed by atoms with Crippen molar-refractivity contribution in [2.24, 2.45) is 0 Å². The first-order valence-corrected chi connectivity index (χ1v) is 23.0. The number of H-pyrrole nitrogens is 3. The van der Waals surface area contributed by atoms with E-state index in [9.17, 15) is 19.2 Å². The number of nitrogens with zero attached hydrogens (tertiary/aromatic N) is 2. The molecule has 3 aromatic carbocycles. The third-order valence-electron chi connectivity index (χ3n) is 10.6. The van der Waals surface area contributed by atoms with Crippen molar-refractivity contribution >= 4 is 46.2 Å². The van der Waals surface area contributed by atoms with E-state index in [1.165, 1.54) is 6.26 Å². The monoisotopic (exact) mass is 957 g/mol. The van der Waals surface area contributed by atoms with Gasteiger partial charge in [-0.05, 0) is 126 Å². The molecule has 2 amide bonds. The molecule has 18 heteroatoms. The Kier molecular flexibility index (Phi) is 16.8. The predicted octanol–water partition coefficient (Wildman–Crippen LogP) is 9.03. The molecular formula is C52H63N9O9. The largest absolute Gasteiger partial charge is 0.497 e. The van der Waals surface area contributed by atoms with E-state index in [0.29, 0.717) is 71.1 Å². The van der Waals surface area contributed by atoms with Gasteiger partial charge in [-0.25, -0.2) is 14.6 Å². The predicted molar refractivity (Wildman–Crippen MR) is 266 cm³/mol. The van der Waals surface area contributed by atoms with Crippen LogP contribution in [-0.4, -0.2) is 74.3 Å². The average molecular weight is 958 g/mol. The van der Waals surface area contributed by atoms with Crippen LogP contribution in [0.2, 0.25) is 0 Å². The van der Waals surface area contributed by atoms with Crippen LogP contribution in [0.4, 0.5) is 11.4 Å². The third-order valence-corrected chi connectivity index (χ3v) is 10.6. The number of fused-ring (bicyclic) bond motifs is 1. The van der Waals surface area contributed by atoms with E-state index in [1.807, 2.05) is 107 Å². The highest BCUT2D eigenvalue weighted by molar-refractivity contribution is 6.02. The number of aromatic amines is 3. The Balaban J connectivity index is 0.000000231. The van der Waals surface area contributed by atoms with Gasteiger partial charge in [0.1, 0.15) is 51.9 Å². The van der Waals surface area contributed by atoms with Gasteiger partial charge in [0.05, 0.1) is 62.6 Å². The summed E-state index contributed by atoms with van der Waals surface area (Å²) in [6, 6.07) is 24.3. The van der Waals surface area contributed by atoms with Gasteiger partial charge in [0.2, 0.25) is 0 Å². The summed E-state index contributed by atoms with van der Waals surface area (Å²) in [5.74, 6) is 0.535. The Morgan fingerprint density at radius 3 is 1.49 bits per heavy atom. The standard InChI is InChI=1S/C28H33N5O4.C24H30N4O5/c1-6-19-24(26(34)30-16-23-31-20-9-7-8-10-21(20)32-23)22(33-25(19)27(35)37-28(2,3)4)15-29-17-11-13-18(36-5)14-12-17;1-6-18-20(22(29)26-13-16-11-12-32-28-16)19(27-21(18)23(30)33-24(2,3)4)14-25-15-7-9-17(31-5)10-8-15/h7-14,29,33H,6,15-16H2,1-5H3,(H,30,34)(H,31,32);7-12,25,27H,6,13-14H2,1-5H3,(H,26,29). The quantitative estimate of drug-likeness (QED) is 0.0398. The molecule has 4 heterocycles. The lowest BCUT2D eigenvalue weighted by atomic mass is 10.0. The molecular weight excluding hydrogens is 895 g/mol. The molecule has 0 aliphatic carbocycles. The molecule has 7 N–H and O–H groups in total. The van der Waals surface area contributed by atoms with Crippen LogP contribution >= 0.6 is 0 Å². The Morgan fingerprint density at radius 1 is 0.600 bits per heavy atom. The van der Waals surface area contributed by atoms with Gasteiger partial charge in [0.15, 0.2) is 0 Å². The van der Waals surface area contributed by atoms with Crippen LogP contribution in [0.25, 0.3) is 11.0 Å². The Labute approximate surface area is 407 Å². The van der Waals surface area contributed by atoms with Gasteiger partial charge >= 0.3 is 11.9 Å². The van der Waals surface area contributed by atoms with Crippen LogP contribution in [0.5, 0.6) is 11.5 Å². The highest BCUT2D eigenvalue weighted by Gasteiger charge is 2.30. The number of hydrogen-bond donors (Lipinski definition) is 7. The fourth-order valence-corrected chi connectivity index (χ4v) is 7.45. The van der Waals surface area contributed by atoms with Crippen LogP contribution in [0.15, 0.2) is 89.6 Å². The van der Waals surface area contributed by atoms with Gasteiger partial charge in [-0.15, -0.1) is 0 Å². The smallest absolute Gasteiger partial charge is 0.355 e. The number of esters is 2. The van der Waals surface area contributed by atoms with Gasteiger partial charge in [-0.1, -0.05) is 31.1 Å². The molecule has 0 atom stereocenters. The lowest BCUT2D eigenvalue weighted by molar-refractivity contribution is 0.00498. The van der Waals surface area contributed by atoms with E-state index in [2.05, 4.69) is 46.4 Å². The van der Waals surface area contributed by atoms with E-state index >= 15 is 0 Å². The first kappa shape index (κ1) is 51.4. The van der Waals surface area contributed by atoms with E-state index < -0.39 is 23.1 Å².